The molecular formula is C49H86O5. The second-order valence-electron chi connectivity index (χ2n) is 14.9. The first-order chi connectivity index (χ1) is 26.6. The lowest BCUT2D eigenvalue weighted by molar-refractivity contribution is -0.163. The molecule has 0 aliphatic carbocycles. The highest BCUT2D eigenvalue weighted by Gasteiger charge is 2.17. The molecule has 0 aromatic carbocycles. The highest BCUT2D eigenvalue weighted by molar-refractivity contribution is 5.70. The predicted molar refractivity (Wildman–Crippen MR) is 233 cm³/mol. The van der Waals surface area contributed by atoms with E-state index in [0.29, 0.717) is 19.4 Å². The van der Waals surface area contributed by atoms with E-state index in [2.05, 4.69) is 81.5 Å². The minimum Gasteiger partial charge on any atom is -0.462 e. The van der Waals surface area contributed by atoms with Gasteiger partial charge < -0.3 is 14.2 Å². The Kier molecular flexibility index (Phi) is 43.0. The largest absolute Gasteiger partial charge is 0.462 e. The molecule has 0 aliphatic rings. The van der Waals surface area contributed by atoms with Crippen LogP contribution in [-0.4, -0.2) is 37.9 Å². The van der Waals surface area contributed by atoms with Crippen molar-refractivity contribution < 1.29 is 23.8 Å². The van der Waals surface area contributed by atoms with Gasteiger partial charge in [0.15, 0.2) is 6.10 Å². The highest BCUT2D eigenvalue weighted by Crippen LogP contribution is 2.13. The maximum Gasteiger partial charge on any atom is 0.306 e. The minimum absolute atomic E-state index is 0.0660. The Morgan fingerprint density at radius 2 is 0.833 bits per heavy atom. The average Bonchev–Trinajstić information content (AvgIpc) is 3.17. The van der Waals surface area contributed by atoms with Crippen LogP contribution >= 0.6 is 0 Å². The van der Waals surface area contributed by atoms with Gasteiger partial charge in [0.25, 0.3) is 0 Å². The van der Waals surface area contributed by atoms with Gasteiger partial charge in [-0.15, -0.1) is 0 Å². The number of esters is 2. The van der Waals surface area contributed by atoms with Crippen LogP contribution in [0.25, 0.3) is 0 Å². The molecule has 0 fully saturated rings. The third-order valence-corrected chi connectivity index (χ3v) is 9.54. The van der Waals surface area contributed by atoms with Crippen molar-refractivity contribution in [3.63, 3.8) is 0 Å². The lowest BCUT2D eigenvalue weighted by atomic mass is 10.1. The summed E-state index contributed by atoms with van der Waals surface area (Å²) >= 11 is 0. The molecule has 0 saturated heterocycles. The van der Waals surface area contributed by atoms with Crippen molar-refractivity contribution in [2.75, 3.05) is 19.8 Å². The predicted octanol–water partition coefficient (Wildman–Crippen LogP) is 15.0. The average molecular weight is 755 g/mol. The van der Waals surface area contributed by atoms with Gasteiger partial charge in [-0.1, -0.05) is 178 Å². The minimum atomic E-state index is -0.550. The summed E-state index contributed by atoms with van der Waals surface area (Å²) in [6.45, 7) is 7.62. The van der Waals surface area contributed by atoms with Crippen molar-refractivity contribution in [2.45, 2.75) is 219 Å². The van der Waals surface area contributed by atoms with Crippen LogP contribution in [0.4, 0.5) is 0 Å². The molecule has 5 nitrogen and oxygen atoms in total. The van der Waals surface area contributed by atoms with Crippen molar-refractivity contribution in [1.82, 2.24) is 0 Å². The third-order valence-electron chi connectivity index (χ3n) is 9.54. The van der Waals surface area contributed by atoms with E-state index in [0.717, 1.165) is 77.0 Å². The highest BCUT2D eigenvalue weighted by atomic mass is 16.6. The molecule has 0 saturated carbocycles. The number of hydrogen-bond acceptors (Lipinski definition) is 5. The summed E-state index contributed by atoms with van der Waals surface area (Å²) in [5, 5.41) is 0. The molecule has 0 bridgehead atoms. The fourth-order valence-corrected chi connectivity index (χ4v) is 6.14. The van der Waals surface area contributed by atoms with Crippen LogP contribution in [0.2, 0.25) is 0 Å². The Morgan fingerprint density at radius 3 is 1.39 bits per heavy atom. The van der Waals surface area contributed by atoms with Crippen molar-refractivity contribution in [2.24, 2.45) is 0 Å². The first-order valence-electron chi connectivity index (χ1n) is 22.8. The smallest absolute Gasteiger partial charge is 0.306 e. The van der Waals surface area contributed by atoms with Gasteiger partial charge >= 0.3 is 11.9 Å². The first kappa shape index (κ1) is 51.6. The van der Waals surface area contributed by atoms with Crippen molar-refractivity contribution in [1.29, 1.82) is 0 Å². The van der Waals surface area contributed by atoms with E-state index in [1.54, 1.807) is 0 Å². The van der Waals surface area contributed by atoms with Gasteiger partial charge in [-0.25, -0.2) is 0 Å². The second-order valence-corrected chi connectivity index (χ2v) is 14.9. The Balaban J connectivity index is 4.27. The molecule has 0 heterocycles. The molecule has 0 aliphatic heterocycles. The van der Waals surface area contributed by atoms with Gasteiger partial charge in [-0.05, 0) is 83.5 Å². The summed E-state index contributed by atoms with van der Waals surface area (Å²) in [5.41, 5.74) is 0. The Bertz CT molecular complexity index is 946. The summed E-state index contributed by atoms with van der Waals surface area (Å²) in [7, 11) is 0. The summed E-state index contributed by atoms with van der Waals surface area (Å²) in [5.74, 6) is -0.439. The molecule has 1 unspecified atom stereocenters. The molecule has 0 N–H and O–H groups in total. The number of hydrogen-bond donors (Lipinski definition) is 0. The fraction of sp³-hybridized carbons (Fsp3) is 0.755. The van der Waals surface area contributed by atoms with Crippen molar-refractivity contribution in [3.05, 3.63) is 60.8 Å². The lowest BCUT2D eigenvalue weighted by Gasteiger charge is -2.18. The van der Waals surface area contributed by atoms with Crippen LogP contribution in [0.3, 0.4) is 0 Å². The van der Waals surface area contributed by atoms with Gasteiger partial charge in [0.1, 0.15) is 6.61 Å². The first-order valence-corrected chi connectivity index (χ1v) is 22.8. The molecule has 0 aromatic heterocycles. The standard InChI is InChI=1S/C49H86O5/c1-4-7-10-13-16-19-21-23-24-25-27-29-32-35-38-41-44-52-45-47(54-49(51)43-40-37-34-30-18-15-12-9-6-3)46-53-48(50)42-39-36-33-31-28-26-22-20-17-14-11-8-5-2/h8,11,16-17,19-20,23-24,26,28,47H,4-7,9-10,12-15,18,21-22,25,27,29-46H2,1-3H3/b11-8-,19-16-,20-17-,24-23-,28-26-. The van der Waals surface area contributed by atoms with E-state index in [1.165, 1.54) is 103 Å². The van der Waals surface area contributed by atoms with E-state index in [1.807, 2.05) is 0 Å². The summed E-state index contributed by atoms with van der Waals surface area (Å²) in [6, 6.07) is 0. The summed E-state index contributed by atoms with van der Waals surface area (Å²) in [6.07, 6.45) is 55.1. The fourth-order valence-electron chi connectivity index (χ4n) is 6.14. The van der Waals surface area contributed by atoms with Crippen LogP contribution < -0.4 is 0 Å². The zero-order chi connectivity index (χ0) is 39.3. The third kappa shape index (κ3) is 42.3. The number of unbranched alkanes of at least 4 members (excludes halogenated alkanes) is 20. The van der Waals surface area contributed by atoms with Crippen LogP contribution in [0.1, 0.15) is 213 Å². The molecule has 5 heteroatoms. The van der Waals surface area contributed by atoms with Gasteiger partial charge in [0.05, 0.1) is 6.61 Å². The molecule has 0 aromatic rings. The van der Waals surface area contributed by atoms with Crippen LogP contribution in [0.15, 0.2) is 60.8 Å². The Hall–Kier alpha value is -2.40. The normalized spacial score (nSPS) is 12.7. The van der Waals surface area contributed by atoms with Crippen LogP contribution in [0.5, 0.6) is 0 Å². The number of carbonyl (C=O) groups is 2. The zero-order valence-corrected chi connectivity index (χ0v) is 35.7. The van der Waals surface area contributed by atoms with Gasteiger partial charge in [-0.3, -0.25) is 9.59 Å². The van der Waals surface area contributed by atoms with Crippen LogP contribution in [-0.2, 0) is 23.8 Å². The van der Waals surface area contributed by atoms with Crippen molar-refractivity contribution in [3.8, 4) is 0 Å². The lowest BCUT2D eigenvalue weighted by Crippen LogP contribution is -2.30. The van der Waals surface area contributed by atoms with E-state index in [-0.39, 0.29) is 25.2 Å². The van der Waals surface area contributed by atoms with Crippen LogP contribution in [0, 0.1) is 0 Å². The molecule has 0 spiro atoms. The van der Waals surface area contributed by atoms with E-state index < -0.39 is 6.10 Å². The molecule has 0 radical (unpaired) electrons. The molecule has 0 rings (SSSR count). The van der Waals surface area contributed by atoms with E-state index in [4.69, 9.17) is 14.2 Å². The molecule has 54 heavy (non-hydrogen) atoms. The number of allylic oxidation sites excluding steroid dienone is 10. The number of carbonyl (C=O) groups excluding carboxylic acids is 2. The second kappa shape index (κ2) is 45.0. The Labute approximate surface area is 334 Å². The van der Waals surface area contributed by atoms with Crippen molar-refractivity contribution >= 4 is 11.9 Å². The van der Waals surface area contributed by atoms with Gasteiger partial charge in [0.2, 0.25) is 0 Å². The maximum absolute atomic E-state index is 12.7. The molecule has 1 atom stereocenters. The van der Waals surface area contributed by atoms with E-state index in [9.17, 15) is 9.59 Å². The molecule has 312 valence electrons. The van der Waals surface area contributed by atoms with Gasteiger partial charge in [-0.2, -0.15) is 0 Å². The molecular weight excluding hydrogens is 669 g/mol. The SMILES string of the molecule is CC/C=C\C/C=C\C/C=C\CCCCCC(=O)OCC(COCCCCCCCC/C=C\C/C=C\CCCCC)OC(=O)CCCCCCCCCCC. The quantitative estimate of drug-likeness (QED) is 0.0353. The summed E-state index contributed by atoms with van der Waals surface area (Å²) < 4.78 is 17.3. The van der Waals surface area contributed by atoms with Gasteiger partial charge in [0, 0.05) is 19.4 Å². The monoisotopic (exact) mass is 755 g/mol. The van der Waals surface area contributed by atoms with E-state index >= 15 is 0 Å². The maximum atomic E-state index is 12.7. The Morgan fingerprint density at radius 1 is 0.426 bits per heavy atom. The number of rotatable bonds is 41. The summed E-state index contributed by atoms with van der Waals surface area (Å²) in [4.78, 5) is 25.2. The zero-order valence-electron chi connectivity index (χ0n) is 35.7. The molecule has 0 amide bonds. The topological polar surface area (TPSA) is 61.8 Å². The number of ether oxygens (including phenoxy) is 3.